The van der Waals surface area contributed by atoms with Crippen LogP contribution in [0.2, 0.25) is 0 Å². The van der Waals surface area contributed by atoms with Crippen LogP contribution in [0.15, 0.2) is 11.6 Å². The van der Waals surface area contributed by atoms with Crippen molar-refractivity contribution in [1.29, 1.82) is 0 Å². The lowest BCUT2D eigenvalue weighted by molar-refractivity contribution is -0.120. The van der Waals surface area contributed by atoms with Crippen LogP contribution in [-0.4, -0.2) is 11.2 Å². The maximum absolute atomic E-state index is 11.1. The lowest BCUT2D eigenvalue weighted by atomic mass is 9.44. The Kier molecular flexibility index (Phi) is 5.56. The van der Waals surface area contributed by atoms with E-state index < -0.39 is 0 Å². The number of fused-ring (bicyclic) bond motifs is 5. The average Bonchev–Trinajstić information content (AvgIpc) is 2.98. The van der Waals surface area contributed by atoms with E-state index in [4.69, 9.17) is 0 Å². The number of allylic oxidation sites excluding steroid dienone is 2. The molecular formula is C26H44O. The third kappa shape index (κ3) is 3.34. The fraction of sp³-hybridized carbons (Fsp3) is 0.923. The van der Waals surface area contributed by atoms with E-state index in [1.807, 2.05) is 0 Å². The smallest absolute Gasteiger partial charge is 0.0576 e. The molecule has 0 amide bonds. The summed E-state index contributed by atoms with van der Waals surface area (Å²) >= 11 is 0. The van der Waals surface area contributed by atoms with Crippen molar-refractivity contribution in [2.45, 2.75) is 111 Å². The molecule has 1 heteroatoms. The Morgan fingerprint density at radius 2 is 1.70 bits per heavy atom. The highest BCUT2D eigenvalue weighted by molar-refractivity contribution is 5.09. The summed E-state index contributed by atoms with van der Waals surface area (Å²) in [6, 6.07) is 0. The minimum atomic E-state index is -0.0891. The molecule has 0 aliphatic heterocycles. The topological polar surface area (TPSA) is 20.2 Å². The second-order valence-electron chi connectivity index (χ2n) is 11.6. The van der Waals surface area contributed by atoms with Gasteiger partial charge in [-0.2, -0.15) is 0 Å². The Labute approximate surface area is 168 Å². The van der Waals surface area contributed by atoms with Gasteiger partial charge in [-0.3, -0.25) is 0 Å². The molecule has 1 nitrogen and oxygen atoms in total. The minimum absolute atomic E-state index is 0.0891. The molecule has 4 rings (SSSR count). The van der Waals surface area contributed by atoms with Crippen LogP contribution in [0, 0.1) is 40.4 Å². The van der Waals surface area contributed by atoms with E-state index in [1.54, 1.807) is 0 Å². The zero-order valence-electron chi connectivity index (χ0n) is 18.5. The summed E-state index contributed by atoms with van der Waals surface area (Å²) in [4.78, 5) is 0. The first-order valence-corrected chi connectivity index (χ1v) is 12.2. The standard InChI is InChI=1S/C26H44O/c1-18(2)8-7-10-24(27)23-14-13-21-20-12-11-19-9-5-6-16-25(19,3)22(20)15-17-26(21,23)4/h8,19-24,27H,5-7,9-17H2,1-4H3/t19-,20-,21-,22-,23+,24+,25-,26-/m0/s1. The van der Waals surface area contributed by atoms with Gasteiger partial charge in [0.1, 0.15) is 0 Å². The highest BCUT2D eigenvalue weighted by atomic mass is 16.3. The highest BCUT2D eigenvalue weighted by Gasteiger charge is 2.60. The predicted octanol–water partition coefficient (Wildman–Crippen LogP) is 7.14. The van der Waals surface area contributed by atoms with Crippen LogP contribution in [0.5, 0.6) is 0 Å². The molecule has 0 unspecified atom stereocenters. The van der Waals surface area contributed by atoms with Gasteiger partial charge in [-0.05, 0) is 118 Å². The Morgan fingerprint density at radius 1 is 0.926 bits per heavy atom. The highest BCUT2D eigenvalue weighted by Crippen LogP contribution is 2.67. The van der Waals surface area contributed by atoms with Gasteiger partial charge in [0.05, 0.1) is 6.10 Å². The van der Waals surface area contributed by atoms with Gasteiger partial charge in [-0.15, -0.1) is 0 Å². The zero-order valence-corrected chi connectivity index (χ0v) is 18.5. The molecule has 0 bridgehead atoms. The average molecular weight is 373 g/mol. The monoisotopic (exact) mass is 372 g/mol. The lowest BCUT2D eigenvalue weighted by Gasteiger charge is -2.60. The minimum Gasteiger partial charge on any atom is -0.393 e. The lowest BCUT2D eigenvalue weighted by Crippen LogP contribution is -2.53. The molecule has 0 spiro atoms. The number of aliphatic hydroxyl groups is 1. The van der Waals surface area contributed by atoms with Gasteiger partial charge >= 0.3 is 0 Å². The number of rotatable bonds is 4. The molecule has 4 saturated carbocycles. The molecule has 4 fully saturated rings. The largest absolute Gasteiger partial charge is 0.393 e. The van der Waals surface area contributed by atoms with E-state index in [2.05, 4.69) is 33.8 Å². The van der Waals surface area contributed by atoms with Gasteiger partial charge in [0.15, 0.2) is 0 Å². The molecular weight excluding hydrogens is 328 g/mol. The van der Waals surface area contributed by atoms with Crippen LogP contribution in [0.25, 0.3) is 0 Å². The summed E-state index contributed by atoms with van der Waals surface area (Å²) in [5.74, 6) is 4.39. The second kappa shape index (κ2) is 7.51. The maximum Gasteiger partial charge on any atom is 0.0576 e. The van der Waals surface area contributed by atoms with Crippen LogP contribution < -0.4 is 0 Å². The van der Waals surface area contributed by atoms with Crippen LogP contribution >= 0.6 is 0 Å². The van der Waals surface area contributed by atoms with Crippen LogP contribution in [0.4, 0.5) is 0 Å². The van der Waals surface area contributed by atoms with Crippen molar-refractivity contribution >= 4 is 0 Å². The number of aliphatic hydroxyl groups excluding tert-OH is 1. The Morgan fingerprint density at radius 3 is 2.48 bits per heavy atom. The Bertz CT molecular complexity index is 561. The third-order valence-corrected chi connectivity index (χ3v) is 10.1. The van der Waals surface area contributed by atoms with Gasteiger partial charge in [-0.25, -0.2) is 0 Å². The SMILES string of the molecule is CC(C)=CCC[C@@H](O)[C@H]1CC[C@H]2[C@@H]3CC[C@@H]4CCCC[C@]4(C)[C@H]3CC[C@]12C. The van der Waals surface area contributed by atoms with E-state index in [0.717, 1.165) is 36.5 Å². The number of hydrogen-bond acceptors (Lipinski definition) is 1. The summed E-state index contributed by atoms with van der Waals surface area (Å²) in [6.45, 7) is 9.59. The fourth-order valence-electron chi connectivity index (χ4n) is 8.71. The first-order chi connectivity index (χ1) is 12.9. The van der Waals surface area contributed by atoms with Crippen LogP contribution in [0.3, 0.4) is 0 Å². The molecule has 0 aromatic heterocycles. The van der Waals surface area contributed by atoms with Gasteiger partial charge in [0.25, 0.3) is 0 Å². The predicted molar refractivity (Wildman–Crippen MR) is 115 cm³/mol. The first-order valence-electron chi connectivity index (χ1n) is 12.2. The van der Waals surface area contributed by atoms with Crippen molar-refractivity contribution in [2.24, 2.45) is 40.4 Å². The number of hydrogen-bond donors (Lipinski definition) is 1. The normalized spacial score (nSPS) is 47.5. The van der Waals surface area contributed by atoms with E-state index in [0.29, 0.717) is 16.7 Å². The molecule has 154 valence electrons. The molecule has 4 aliphatic carbocycles. The van der Waals surface area contributed by atoms with E-state index in [-0.39, 0.29) is 6.10 Å². The summed E-state index contributed by atoms with van der Waals surface area (Å²) in [5, 5.41) is 11.1. The quantitative estimate of drug-likeness (QED) is 0.520. The maximum atomic E-state index is 11.1. The van der Waals surface area contributed by atoms with Crippen molar-refractivity contribution in [3.63, 3.8) is 0 Å². The third-order valence-electron chi connectivity index (χ3n) is 10.1. The van der Waals surface area contributed by atoms with Gasteiger partial charge < -0.3 is 5.11 Å². The Hall–Kier alpha value is -0.300. The van der Waals surface area contributed by atoms with E-state index >= 15 is 0 Å². The molecule has 27 heavy (non-hydrogen) atoms. The zero-order chi connectivity index (χ0) is 19.2. The molecule has 0 saturated heterocycles. The molecule has 0 aromatic rings. The van der Waals surface area contributed by atoms with Crippen molar-refractivity contribution in [1.82, 2.24) is 0 Å². The second-order valence-corrected chi connectivity index (χ2v) is 11.6. The summed E-state index contributed by atoms with van der Waals surface area (Å²) in [7, 11) is 0. The van der Waals surface area contributed by atoms with Gasteiger partial charge in [0.2, 0.25) is 0 Å². The van der Waals surface area contributed by atoms with Gasteiger partial charge in [-0.1, -0.05) is 38.3 Å². The Balaban J connectivity index is 1.49. The van der Waals surface area contributed by atoms with Crippen LogP contribution in [-0.2, 0) is 0 Å². The first kappa shape index (κ1) is 20.0. The van der Waals surface area contributed by atoms with Crippen molar-refractivity contribution < 1.29 is 5.11 Å². The van der Waals surface area contributed by atoms with Crippen molar-refractivity contribution in [2.75, 3.05) is 0 Å². The molecule has 8 atom stereocenters. The van der Waals surface area contributed by atoms with Crippen molar-refractivity contribution in [3.05, 3.63) is 11.6 Å². The summed E-state index contributed by atoms with van der Waals surface area (Å²) in [5.41, 5.74) is 2.43. The molecule has 0 radical (unpaired) electrons. The molecule has 1 N–H and O–H groups in total. The fourth-order valence-corrected chi connectivity index (χ4v) is 8.71. The van der Waals surface area contributed by atoms with E-state index in [9.17, 15) is 5.11 Å². The van der Waals surface area contributed by atoms with Crippen LogP contribution in [0.1, 0.15) is 105 Å². The molecule has 0 aromatic carbocycles. The molecule has 4 aliphatic rings. The van der Waals surface area contributed by atoms with E-state index in [1.165, 1.54) is 69.8 Å². The van der Waals surface area contributed by atoms with Crippen molar-refractivity contribution in [3.8, 4) is 0 Å². The summed E-state index contributed by atoms with van der Waals surface area (Å²) < 4.78 is 0. The summed E-state index contributed by atoms with van der Waals surface area (Å²) in [6.07, 6.45) is 18.7. The molecule has 0 heterocycles. The van der Waals surface area contributed by atoms with Gasteiger partial charge in [0, 0.05) is 0 Å².